The molecule has 1 N–H and O–H groups in total. The third-order valence-corrected chi connectivity index (χ3v) is 7.61. The Morgan fingerprint density at radius 2 is 1.71 bits per heavy atom. The molecule has 0 saturated carbocycles. The first kappa shape index (κ1) is 27.1. The van der Waals surface area contributed by atoms with Gasteiger partial charge in [0.2, 0.25) is 0 Å². The third-order valence-electron chi connectivity index (χ3n) is 6.29. The van der Waals surface area contributed by atoms with Gasteiger partial charge in [-0.25, -0.2) is 4.31 Å². The summed E-state index contributed by atoms with van der Waals surface area (Å²) in [5.74, 6) is -0.00646. The minimum absolute atomic E-state index is 0.00762. The van der Waals surface area contributed by atoms with Crippen LogP contribution in [0.15, 0.2) is 18.2 Å². The Balaban J connectivity index is 1.74. The molecular formula is C22H29F6N3O2S. The van der Waals surface area contributed by atoms with Crippen molar-refractivity contribution in [2.75, 3.05) is 51.7 Å². The lowest BCUT2D eigenvalue weighted by molar-refractivity contribution is -0.143. The van der Waals surface area contributed by atoms with Crippen LogP contribution in [0.25, 0.3) is 0 Å². The van der Waals surface area contributed by atoms with Crippen LogP contribution in [-0.2, 0) is 17.1 Å². The molecule has 34 heavy (non-hydrogen) atoms. The molecular weight excluding hydrogens is 484 g/mol. The van der Waals surface area contributed by atoms with Crippen LogP contribution in [-0.4, -0.2) is 72.3 Å². The molecule has 5 nitrogen and oxygen atoms in total. The molecule has 1 aromatic carbocycles. The van der Waals surface area contributed by atoms with Gasteiger partial charge >= 0.3 is 12.4 Å². The molecule has 1 amide bonds. The molecule has 1 aromatic rings. The number of hydrogen-bond acceptors (Lipinski definition) is 5. The van der Waals surface area contributed by atoms with E-state index in [-0.39, 0.29) is 12.6 Å². The molecule has 192 valence electrons. The molecule has 12 heteroatoms. The first-order valence-corrected chi connectivity index (χ1v) is 12.2. The van der Waals surface area contributed by atoms with E-state index in [1.165, 1.54) is 0 Å². The molecule has 0 bridgehead atoms. The number of halogens is 6. The number of hydrogen-bond donors (Lipinski definition) is 1. The molecule has 3 rings (SSSR count). The lowest BCUT2D eigenvalue weighted by Crippen LogP contribution is -2.62. The fourth-order valence-corrected chi connectivity index (χ4v) is 5.22. The number of carbonyl (C=O) groups is 1. The SMILES string of the molecule is CCCSN1CCN(C2(CNC(=O)c3ccc(C(F)(F)F)cc3C(F)(F)F)CCOCC2)CC1. The Morgan fingerprint density at radius 3 is 2.26 bits per heavy atom. The van der Waals surface area contributed by atoms with Crippen molar-refractivity contribution in [2.45, 2.75) is 44.1 Å². The van der Waals surface area contributed by atoms with Gasteiger partial charge in [0.1, 0.15) is 0 Å². The number of alkyl halides is 6. The van der Waals surface area contributed by atoms with Crippen molar-refractivity contribution >= 4 is 17.9 Å². The highest BCUT2D eigenvalue weighted by atomic mass is 32.2. The maximum atomic E-state index is 13.5. The Kier molecular flexibility index (Phi) is 8.80. The van der Waals surface area contributed by atoms with Gasteiger partial charge in [-0.2, -0.15) is 26.3 Å². The minimum atomic E-state index is -5.10. The van der Waals surface area contributed by atoms with Gasteiger partial charge in [-0.1, -0.05) is 18.9 Å². The van der Waals surface area contributed by atoms with Crippen molar-refractivity contribution in [3.63, 3.8) is 0 Å². The Morgan fingerprint density at radius 1 is 1.06 bits per heavy atom. The van der Waals surface area contributed by atoms with E-state index in [4.69, 9.17) is 4.74 Å². The maximum absolute atomic E-state index is 13.5. The summed E-state index contributed by atoms with van der Waals surface area (Å²) in [6.45, 7) is 6.31. The average molecular weight is 514 g/mol. The van der Waals surface area contributed by atoms with E-state index in [0.717, 1.165) is 38.4 Å². The van der Waals surface area contributed by atoms with Crippen LogP contribution in [0.1, 0.15) is 47.7 Å². The molecule has 0 unspecified atom stereocenters. The topological polar surface area (TPSA) is 44.8 Å². The second-order valence-electron chi connectivity index (χ2n) is 8.52. The van der Waals surface area contributed by atoms with Crippen LogP contribution in [0.3, 0.4) is 0 Å². The zero-order valence-corrected chi connectivity index (χ0v) is 19.7. The summed E-state index contributed by atoms with van der Waals surface area (Å²) in [7, 11) is 0. The van der Waals surface area contributed by atoms with Crippen LogP contribution < -0.4 is 5.32 Å². The summed E-state index contributed by atoms with van der Waals surface area (Å²) in [6.07, 6.45) is -7.76. The van der Waals surface area contributed by atoms with Crippen LogP contribution in [0.2, 0.25) is 0 Å². The number of benzene rings is 1. The maximum Gasteiger partial charge on any atom is 0.417 e. The van der Waals surface area contributed by atoms with Crippen molar-refractivity contribution in [3.05, 3.63) is 34.9 Å². The molecule has 0 aromatic heterocycles. The molecule has 2 saturated heterocycles. The van der Waals surface area contributed by atoms with E-state index in [1.54, 1.807) is 11.9 Å². The number of nitrogens with zero attached hydrogens (tertiary/aromatic N) is 2. The number of carbonyl (C=O) groups excluding carboxylic acids is 1. The zero-order valence-electron chi connectivity index (χ0n) is 18.9. The van der Waals surface area contributed by atoms with Crippen molar-refractivity contribution in [2.24, 2.45) is 0 Å². The first-order valence-electron chi connectivity index (χ1n) is 11.2. The Bertz CT molecular complexity index is 835. The summed E-state index contributed by atoms with van der Waals surface area (Å²) in [5.41, 5.74) is -4.33. The van der Waals surface area contributed by atoms with Crippen molar-refractivity contribution in [3.8, 4) is 0 Å². The zero-order chi connectivity index (χ0) is 25.0. The van der Waals surface area contributed by atoms with E-state index < -0.39 is 40.5 Å². The summed E-state index contributed by atoms with van der Waals surface area (Å²) >= 11 is 1.79. The summed E-state index contributed by atoms with van der Waals surface area (Å²) in [5, 5.41) is 2.59. The number of piperazine rings is 1. The second-order valence-corrected chi connectivity index (χ2v) is 9.71. The summed E-state index contributed by atoms with van der Waals surface area (Å²) in [4.78, 5) is 15.0. The standard InChI is InChI=1S/C22H29F6N3O2S/c1-2-13-34-31-9-7-30(8-10-31)20(5-11-33-12-6-20)15-29-19(32)17-4-3-16(21(23,24)25)14-18(17)22(26,27)28/h3-4,14H,2,5-13,15H2,1H3,(H,29,32). The van der Waals surface area contributed by atoms with Crippen LogP contribution in [0, 0.1) is 0 Å². The highest BCUT2D eigenvalue weighted by Gasteiger charge is 2.42. The molecule has 0 spiro atoms. The largest absolute Gasteiger partial charge is 0.417 e. The van der Waals surface area contributed by atoms with E-state index >= 15 is 0 Å². The van der Waals surface area contributed by atoms with Crippen molar-refractivity contribution in [1.82, 2.24) is 14.5 Å². The molecule has 2 heterocycles. The average Bonchev–Trinajstić information content (AvgIpc) is 2.80. The van der Waals surface area contributed by atoms with Gasteiger partial charge < -0.3 is 10.1 Å². The van der Waals surface area contributed by atoms with Gasteiger partial charge in [0.25, 0.3) is 5.91 Å². The smallest absolute Gasteiger partial charge is 0.381 e. The second kappa shape index (κ2) is 11.0. The Hall–Kier alpha value is -1.50. The van der Waals surface area contributed by atoms with Gasteiger partial charge in [0.05, 0.1) is 16.7 Å². The third kappa shape index (κ3) is 6.58. The molecule has 0 aliphatic carbocycles. The van der Waals surface area contributed by atoms with E-state index in [1.807, 2.05) is 0 Å². The highest BCUT2D eigenvalue weighted by Crippen LogP contribution is 2.37. The lowest BCUT2D eigenvalue weighted by Gasteiger charge is -2.49. The molecule has 2 aliphatic rings. The molecule has 0 atom stereocenters. The van der Waals surface area contributed by atoms with Gasteiger partial charge in [-0.15, -0.1) is 0 Å². The number of rotatable bonds is 7. The Labute approximate surface area is 199 Å². The molecule has 2 aliphatic heterocycles. The molecule has 2 fully saturated rings. The van der Waals surface area contributed by atoms with Crippen LogP contribution in [0.5, 0.6) is 0 Å². The quantitative estimate of drug-likeness (QED) is 0.424. The van der Waals surface area contributed by atoms with Crippen molar-refractivity contribution in [1.29, 1.82) is 0 Å². The number of amides is 1. The van der Waals surface area contributed by atoms with Gasteiger partial charge in [-0.3, -0.25) is 9.69 Å². The highest BCUT2D eigenvalue weighted by molar-refractivity contribution is 7.97. The fraction of sp³-hybridized carbons (Fsp3) is 0.682. The number of ether oxygens (including phenoxy) is 1. The minimum Gasteiger partial charge on any atom is -0.381 e. The van der Waals surface area contributed by atoms with Gasteiger partial charge in [0, 0.05) is 57.2 Å². The van der Waals surface area contributed by atoms with Crippen LogP contribution in [0.4, 0.5) is 26.3 Å². The van der Waals surface area contributed by atoms with Crippen LogP contribution >= 0.6 is 11.9 Å². The first-order chi connectivity index (χ1) is 16.0. The predicted molar refractivity (Wildman–Crippen MR) is 117 cm³/mol. The summed E-state index contributed by atoms with van der Waals surface area (Å²) < 4.78 is 87.1. The predicted octanol–water partition coefficient (Wildman–Crippen LogP) is 4.68. The normalized spacial score (nSPS) is 20.3. The van der Waals surface area contributed by atoms with E-state index in [2.05, 4.69) is 21.4 Å². The fourth-order valence-electron chi connectivity index (χ4n) is 4.36. The van der Waals surface area contributed by atoms with Gasteiger partial charge in [0.15, 0.2) is 0 Å². The van der Waals surface area contributed by atoms with E-state index in [0.29, 0.717) is 38.2 Å². The molecule has 0 radical (unpaired) electrons. The summed E-state index contributed by atoms with van der Waals surface area (Å²) in [6, 6.07) is 1.09. The van der Waals surface area contributed by atoms with Gasteiger partial charge in [-0.05, 0) is 37.5 Å². The van der Waals surface area contributed by atoms with E-state index in [9.17, 15) is 31.1 Å². The monoisotopic (exact) mass is 513 g/mol. The number of nitrogens with one attached hydrogen (secondary N) is 1. The lowest BCUT2D eigenvalue weighted by atomic mass is 9.87. The van der Waals surface area contributed by atoms with Crippen molar-refractivity contribution < 1.29 is 35.9 Å².